The summed E-state index contributed by atoms with van der Waals surface area (Å²) in [4.78, 5) is 32.0. The number of nitrogens with one attached hydrogen (secondary N) is 1. The predicted molar refractivity (Wildman–Crippen MR) is 149 cm³/mol. The second-order valence-corrected chi connectivity index (χ2v) is 10.6. The molecule has 0 spiro atoms. The van der Waals surface area contributed by atoms with Gasteiger partial charge in [0, 0.05) is 30.3 Å². The fourth-order valence-corrected chi connectivity index (χ4v) is 5.13. The maximum Gasteiger partial charge on any atom is 0.487 e. The molecular formula is C28H23ClF5N3O4S. The summed E-state index contributed by atoms with van der Waals surface area (Å²) in [5, 5.41) is 1.69. The molecule has 14 heteroatoms. The number of hydrogen-bond donors (Lipinski definition) is 1. The summed E-state index contributed by atoms with van der Waals surface area (Å²) in [6.45, 7) is 0.164. The third-order valence-corrected chi connectivity index (χ3v) is 7.23. The number of aliphatic imine (C=N–C) groups is 1. The van der Waals surface area contributed by atoms with Crippen LogP contribution in [0, 0.1) is 0 Å². The molecule has 1 atom stereocenters. The Morgan fingerprint density at radius 1 is 1.05 bits per heavy atom. The Labute approximate surface area is 246 Å². The number of rotatable bonds is 9. The number of carbonyl (C=O) groups is 2. The van der Waals surface area contributed by atoms with Gasteiger partial charge in [-0.1, -0.05) is 30.0 Å². The van der Waals surface area contributed by atoms with Crippen LogP contribution in [0.1, 0.15) is 17.5 Å². The molecule has 1 unspecified atom stereocenters. The second kappa shape index (κ2) is 13.0. The fraction of sp³-hybridized carbons (Fsp3) is 0.250. The quantitative estimate of drug-likeness (QED) is 0.203. The molecule has 1 heterocycles. The van der Waals surface area contributed by atoms with Crippen molar-refractivity contribution in [2.24, 2.45) is 4.99 Å². The number of nitrogens with zero attached hydrogens (tertiary/aromatic N) is 2. The molecule has 0 radical (unpaired) electrons. The van der Waals surface area contributed by atoms with Crippen molar-refractivity contribution in [3.05, 3.63) is 83.9 Å². The Kier molecular flexibility index (Phi) is 9.62. The number of carbonyl (C=O) groups excluding carboxylic acids is 2. The van der Waals surface area contributed by atoms with Crippen molar-refractivity contribution in [3.63, 3.8) is 0 Å². The zero-order valence-electron chi connectivity index (χ0n) is 21.8. The molecule has 1 N–H and O–H groups in total. The average Bonchev–Trinajstić information content (AvgIpc) is 2.93. The number of thioether (sulfide) groups is 1. The molecule has 42 heavy (non-hydrogen) atoms. The third-order valence-electron chi connectivity index (χ3n) is 5.97. The minimum atomic E-state index is -4.59. The molecule has 0 aromatic heterocycles. The Hall–Kier alpha value is -3.84. The van der Waals surface area contributed by atoms with E-state index in [1.54, 1.807) is 12.1 Å². The Balaban J connectivity index is 1.55. The van der Waals surface area contributed by atoms with E-state index in [2.05, 4.69) is 15.0 Å². The van der Waals surface area contributed by atoms with Crippen LogP contribution in [-0.2, 0) is 22.2 Å². The van der Waals surface area contributed by atoms with Crippen LogP contribution in [0.3, 0.4) is 0 Å². The number of amides is 2. The molecule has 3 aromatic carbocycles. The van der Waals surface area contributed by atoms with E-state index in [9.17, 15) is 31.5 Å². The lowest BCUT2D eigenvalue weighted by Gasteiger charge is -2.32. The lowest BCUT2D eigenvalue weighted by Crippen LogP contribution is -2.46. The first-order valence-corrected chi connectivity index (χ1v) is 13.6. The minimum Gasteiger partial charge on any atom is -0.497 e. The summed E-state index contributed by atoms with van der Waals surface area (Å²) in [6, 6.07) is 16.5. The van der Waals surface area contributed by atoms with Crippen molar-refractivity contribution < 1.29 is 41.0 Å². The van der Waals surface area contributed by atoms with E-state index in [1.807, 2.05) is 12.1 Å². The summed E-state index contributed by atoms with van der Waals surface area (Å²) in [7, 11) is 1.54. The van der Waals surface area contributed by atoms with Gasteiger partial charge in [0.15, 0.2) is 5.17 Å². The van der Waals surface area contributed by atoms with Crippen molar-refractivity contribution in [1.29, 1.82) is 0 Å². The summed E-state index contributed by atoms with van der Waals surface area (Å²) in [5.41, 5.74) is -3.74. The van der Waals surface area contributed by atoms with Crippen LogP contribution in [0.15, 0.2) is 77.8 Å². The van der Waals surface area contributed by atoms with Crippen LogP contribution in [0.4, 0.5) is 33.3 Å². The number of alkyl halides is 6. The third kappa shape index (κ3) is 8.58. The van der Waals surface area contributed by atoms with Crippen LogP contribution in [0.2, 0.25) is 0 Å². The SMILES string of the molecule is COc1ccc(CCN2C(=O)CC(C(=O)Nc3ccc(OC(F)(F)Cl)cc3)SC2=Nc2cccc(C(F)(F)F)c2)cc1. The molecule has 2 amide bonds. The Morgan fingerprint density at radius 3 is 2.33 bits per heavy atom. The summed E-state index contributed by atoms with van der Waals surface area (Å²) in [5.74, 6) is -0.612. The van der Waals surface area contributed by atoms with Crippen LogP contribution in [0.5, 0.6) is 11.5 Å². The molecule has 0 bridgehead atoms. The van der Waals surface area contributed by atoms with Gasteiger partial charge >= 0.3 is 11.7 Å². The number of methoxy groups -OCH3 is 1. The lowest BCUT2D eigenvalue weighted by molar-refractivity contribution is -0.137. The van der Waals surface area contributed by atoms with Crippen molar-refractivity contribution >= 4 is 51.7 Å². The van der Waals surface area contributed by atoms with Gasteiger partial charge in [-0.2, -0.15) is 13.2 Å². The topological polar surface area (TPSA) is 80.2 Å². The van der Waals surface area contributed by atoms with Gasteiger partial charge in [-0.25, -0.2) is 4.99 Å². The Morgan fingerprint density at radius 2 is 1.71 bits per heavy atom. The van der Waals surface area contributed by atoms with Gasteiger partial charge < -0.3 is 14.8 Å². The molecule has 0 aliphatic carbocycles. The largest absolute Gasteiger partial charge is 0.497 e. The monoisotopic (exact) mass is 627 g/mol. The molecule has 4 rings (SSSR count). The number of amidine groups is 1. The molecule has 1 fully saturated rings. The van der Waals surface area contributed by atoms with E-state index in [0.717, 1.165) is 29.5 Å². The minimum absolute atomic E-state index is 0.0395. The molecule has 7 nitrogen and oxygen atoms in total. The molecule has 1 aliphatic heterocycles. The zero-order chi connectivity index (χ0) is 30.5. The van der Waals surface area contributed by atoms with Gasteiger partial charge in [-0.15, -0.1) is 8.78 Å². The normalized spacial score (nSPS) is 16.8. The number of halogens is 6. The number of benzene rings is 3. The first-order chi connectivity index (χ1) is 19.8. The maximum atomic E-state index is 13.3. The second-order valence-electron chi connectivity index (χ2n) is 8.96. The molecule has 1 saturated heterocycles. The van der Waals surface area contributed by atoms with E-state index >= 15 is 0 Å². The van der Waals surface area contributed by atoms with E-state index in [-0.39, 0.29) is 35.3 Å². The highest BCUT2D eigenvalue weighted by Gasteiger charge is 2.36. The first-order valence-electron chi connectivity index (χ1n) is 12.3. The van der Waals surface area contributed by atoms with Gasteiger partial charge in [0.2, 0.25) is 11.8 Å². The number of ether oxygens (including phenoxy) is 2. The van der Waals surface area contributed by atoms with E-state index in [4.69, 9.17) is 16.3 Å². The average molecular weight is 628 g/mol. The van der Waals surface area contributed by atoms with E-state index in [0.29, 0.717) is 12.2 Å². The molecular weight excluding hydrogens is 605 g/mol. The van der Waals surface area contributed by atoms with Gasteiger partial charge in [0.1, 0.15) is 16.7 Å². The highest BCUT2D eigenvalue weighted by Crippen LogP contribution is 2.34. The zero-order valence-corrected chi connectivity index (χ0v) is 23.4. The molecule has 1 aliphatic rings. The summed E-state index contributed by atoms with van der Waals surface area (Å²) in [6.07, 6.45) is -4.40. The lowest BCUT2D eigenvalue weighted by atomic mass is 10.1. The maximum absolute atomic E-state index is 13.3. The van der Waals surface area contributed by atoms with Gasteiger partial charge in [0.05, 0.1) is 18.4 Å². The highest BCUT2D eigenvalue weighted by molar-refractivity contribution is 8.15. The van der Waals surface area contributed by atoms with Crippen molar-refractivity contribution in [3.8, 4) is 11.5 Å². The predicted octanol–water partition coefficient (Wildman–Crippen LogP) is 7.08. The highest BCUT2D eigenvalue weighted by atomic mass is 35.5. The van der Waals surface area contributed by atoms with Crippen molar-refractivity contribution in [2.75, 3.05) is 19.0 Å². The van der Waals surface area contributed by atoms with Crippen molar-refractivity contribution in [2.45, 2.75) is 29.8 Å². The number of anilines is 1. The fourth-order valence-electron chi connectivity index (χ4n) is 3.92. The van der Waals surface area contributed by atoms with E-state index < -0.39 is 34.4 Å². The van der Waals surface area contributed by atoms with Gasteiger partial charge in [-0.05, 0) is 66.6 Å². The van der Waals surface area contributed by atoms with Crippen LogP contribution in [-0.4, -0.2) is 46.4 Å². The van der Waals surface area contributed by atoms with Crippen LogP contribution in [0.25, 0.3) is 0 Å². The van der Waals surface area contributed by atoms with E-state index in [1.165, 1.54) is 48.4 Å². The molecule has 0 saturated carbocycles. The van der Waals surface area contributed by atoms with Crippen LogP contribution >= 0.6 is 23.4 Å². The first kappa shape index (κ1) is 31.1. The van der Waals surface area contributed by atoms with Gasteiger partial charge in [-0.3, -0.25) is 14.5 Å². The summed E-state index contributed by atoms with van der Waals surface area (Å²) >= 11 is 5.69. The van der Waals surface area contributed by atoms with Crippen LogP contribution < -0.4 is 14.8 Å². The Bertz CT molecular complexity index is 1450. The number of hydrogen-bond acceptors (Lipinski definition) is 6. The standard InChI is InChI=1S/C28H23ClF5N3O4S/c1-40-21-9-5-17(6-10-21)13-14-37-24(38)16-23(25(39)35-19-7-11-22(12-8-19)41-28(29,33)34)42-26(37)36-20-4-2-3-18(15-20)27(30,31)32/h2-12,15,23H,13-14,16H2,1H3,(H,35,39). The molecule has 3 aromatic rings. The van der Waals surface area contributed by atoms with Gasteiger partial charge in [0.25, 0.3) is 0 Å². The molecule has 222 valence electrons. The smallest absolute Gasteiger partial charge is 0.487 e. The summed E-state index contributed by atoms with van der Waals surface area (Å²) < 4.78 is 75.0. The van der Waals surface area contributed by atoms with Crippen molar-refractivity contribution in [1.82, 2.24) is 4.90 Å².